The Kier molecular flexibility index (Phi) is 4.50. The number of aromatic nitrogens is 5. The Morgan fingerprint density at radius 3 is 2.58 bits per heavy atom. The summed E-state index contributed by atoms with van der Waals surface area (Å²) in [5, 5.41) is 16.6. The molecule has 0 aliphatic carbocycles. The van der Waals surface area contributed by atoms with E-state index >= 15 is 0 Å². The highest BCUT2D eigenvalue weighted by atomic mass is 15.3. The summed E-state index contributed by atoms with van der Waals surface area (Å²) in [5.41, 5.74) is 5.64. The molecule has 26 heavy (non-hydrogen) atoms. The van der Waals surface area contributed by atoms with Crippen molar-refractivity contribution in [1.82, 2.24) is 29.7 Å². The zero-order chi connectivity index (χ0) is 17.9. The van der Waals surface area contributed by atoms with Gasteiger partial charge in [0, 0.05) is 24.0 Å². The van der Waals surface area contributed by atoms with Gasteiger partial charge in [-0.3, -0.25) is 9.08 Å². The Hall–Kier alpha value is -2.99. The smallest absolute Gasteiger partial charge is 0.160 e. The number of hydrogen-bond acceptors (Lipinski definition) is 4. The second-order valence-electron chi connectivity index (χ2n) is 6.44. The Morgan fingerprint density at radius 2 is 1.73 bits per heavy atom. The summed E-state index contributed by atoms with van der Waals surface area (Å²) in [6.07, 6.45) is 1.99. The summed E-state index contributed by atoms with van der Waals surface area (Å²) in [7, 11) is 0. The van der Waals surface area contributed by atoms with Gasteiger partial charge in [0.25, 0.3) is 0 Å². The van der Waals surface area contributed by atoms with Crippen LogP contribution >= 0.6 is 0 Å². The third kappa shape index (κ3) is 3.23. The molecule has 4 aromatic rings. The number of nitrogens with zero attached hydrogens (tertiary/aromatic N) is 5. The van der Waals surface area contributed by atoms with Gasteiger partial charge in [0.05, 0.1) is 18.8 Å². The van der Waals surface area contributed by atoms with Crippen LogP contribution in [0.25, 0.3) is 5.65 Å². The summed E-state index contributed by atoms with van der Waals surface area (Å²) < 4.78 is 4.08. The van der Waals surface area contributed by atoms with Crippen molar-refractivity contribution in [2.75, 3.05) is 0 Å². The molecule has 0 bridgehead atoms. The molecular formula is C20H22N6. The minimum atomic E-state index is 0.661. The summed E-state index contributed by atoms with van der Waals surface area (Å²) in [6.45, 7) is 6.41. The summed E-state index contributed by atoms with van der Waals surface area (Å²) in [4.78, 5) is 0. The molecule has 0 saturated heterocycles. The average molecular weight is 346 g/mol. The van der Waals surface area contributed by atoms with Crippen LogP contribution < -0.4 is 5.32 Å². The highest BCUT2D eigenvalue weighted by Gasteiger charge is 2.12. The highest BCUT2D eigenvalue weighted by Crippen LogP contribution is 2.15. The summed E-state index contributed by atoms with van der Waals surface area (Å²) in [6, 6.07) is 16.3. The van der Waals surface area contributed by atoms with E-state index < -0.39 is 0 Å². The maximum atomic E-state index is 4.71. The van der Waals surface area contributed by atoms with E-state index in [0.29, 0.717) is 6.54 Å². The number of nitrogens with one attached hydrogen (secondary N) is 1. The van der Waals surface area contributed by atoms with Crippen LogP contribution in [0.2, 0.25) is 0 Å². The summed E-state index contributed by atoms with van der Waals surface area (Å²) in [5.74, 6) is 0.910. The Balaban J connectivity index is 1.45. The van der Waals surface area contributed by atoms with Crippen molar-refractivity contribution in [1.29, 1.82) is 0 Å². The van der Waals surface area contributed by atoms with Crippen molar-refractivity contribution in [2.45, 2.75) is 33.5 Å². The molecule has 1 aromatic carbocycles. The van der Waals surface area contributed by atoms with Gasteiger partial charge >= 0.3 is 0 Å². The van der Waals surface area contributed by atoms with Crippen LogP contribution in [0.15, 0.2) is 54.7 Å². The molecule has 132 valence electrons. The minimum Gasteiger partial charge on any atom is -0.306 e. The molecule has 6 heteroatoms. The second-order valence-corrected chi connectivity index (χ2v) is 6.44. The molecule has 3 heterocycles. The van der Waals surface area contributed by atoms with Crippen LogP contribution in [-0.2, 0) is 19.6 Å². The van der Waals surface area contributed by atoms with E-state index in [1.165, 1.54) is 16.8 Å². The quantitative estimate of drug-likeness (QED) is 0.583. The van der Waals surface area contributed by atoms with Gasteiger partial charge in [-0.05, 0) is 31.5 Å². The zero-order valence-electron chi connectivity index (χ0n) is 15.1. The molecule has 0 spiro atoms. The number of benzene rings is 1. The molecule has 0 fully saturated rings. The predicted octanol–water partition coefficient (Wildman–Crippen LogP) is 2.88. The Bertz CT molecular complexity index is 1020. The van der Waals surface area contributed by atoms with Crippen LogP contribution in [0.1, 0.15) is 28.3 Å². The molecule has 0 aliphatic rings. The van der Waals surface area contributed by atoms with Crippen LogP contribution in [-0.4, -0.2) is 24.4 Å². The number of hydrogen-bond donors (Lipinski definition) is 1. The van der Waals surface area contributed by atoms with Crippen LogP contribution in [0.5, 0.6) is 0 Å². The van der Waals surface area contributed by atoms with Crippen molar-refractivity contribution >= 4 is 5.65 Å². The van der Waals surface area contributed by atoms with E-state index in [0.717, 1.165) is 30.3 Å². The fourth-order valence-electron chi connectivity index (χ4n) is 3.21. The predicted molar refractivity (Wildman–Crippen MR) is 101 cm³/mol. The van der Waals surface area contributed by atoms with E-state index in [-0.39, 0.29) is 0 Å². The molecule has 0 saturated carbocycles. The fraction of sp³-hybridized carbons (Fsp3) is 0.250. The van der Waals surface area contributed by atoms with Gasteiger partial charge in [-0.2, -0.15) is 5.10 Å². The number of fused-ring (bicyclic) bond motifs is 1. The van der Waals surface area contributed by atoms with E-state index in [9.17, 15) is 0 Å². The van der Waals surface area contributed by atoms with Crippen LogP contribution in [0.3, 0.4) is 0 Å². The third-order valence-electron chi connectivity index (χ3n) is 4.68. The first-order chi connectivity index (χ1) is 12.7. The van der Waals surface area contributed by atoms with Gasteiger partial charge in [-0.15, -0.1) is 10.2 Å². The first-order valence-electron chi connectivity index (χ1n) is 8.78. The molecule has 3 aromatic heterocycles. The first kappa shape index (κ1) is 16.5. The molecule has 0 aliphatic heterocycles. The van der Waals surface area contributed by atoms with E-state index in [4.69, 9.17) is 5.10 Å². The lowest BCUT2D eigenvalue weighted by atomic mass is 10.2. The maximum Gasteiger partial charge on any atom is 0.160 e. The fourth-order valence-corrected chi connectivity index (χ4v) is 3.21. The van der Waals surface area contributed by atoms with Crippen LogP contribution in [0.4, 0.5) is 0 Å². The Labute approximate surface area is 152 Å². The molecule has 6 nitrogen and oxygen atoms in total. The van der Waals surface area contributed by atoms with Gasteiger partial charge < -0.3 is 5.32 Å². The standard InChI is InChI=1S/C20H22N6/c1-15-18(16(2)26(24-15)14-17-8-4-3-5-9-17)12-21-13-20-23-22-19-10-6-7-11-25(19)20/h3-11,21H,12-14H2,1-2H3. The van der Waals surface area contributed by atoms with Crippen molar-refractivity contribution in [2.24, 2.45) is 0 Å². The highest BCUT2D eigenvalue weighted by molar-refractivity contribution is 5.37. The van der Waals surface area contributed by atoms with Crippen LogP contribution in [0, 0.1) is 13.8 Å². The Morgan fingerprint density at radius 1 is 0.923 bits per heavy atom. The first-order valence-corrected chi connectivity index (χ1v) is 8.78. The van der Waals surface area contributed by atoms with E-state index in [1.807, 2.05) is 34.9 Å². The normalized spacial score (nSPS) is 11.3. The lowest BCUT2D eigenvalue weighted by Crippen LogP contribution is -2.16. The number of pyridine rings is 1. The molecular weight excluding hydrogens is 324 g/mol. The van der Waals surface area contributed by atoms with E-state index in [1.54, 1.807) is 0 Å². The zero-order valence-corrected chi connectivity index (χ0v) is 15.1. The van der Waals surface area contributed by atoms with Gasteiger partial charge in [-0.25, -0.2) is 0 Å². The lowest BCUT2D eigenvalue weighted by Gasteiger charge is -2.07. The van der Waals surface area contributed by atoms with Crippen molar-refractivity contribution in [3.05, 3.63) is 83.1 Å². The maximum absolute atomic E-state index is 4.71. The van der Waals surface area contributed by atoms with E-state index in [2.05, 4.69) is 58.3 Å². The monoisotopic (exact) mass is 346 g/mol. The summed E-state index contributed by atoms with van der Waals surface area (Å²) >= 11 is 0. The molecule has 0 radical (unpaired) electrons. The van der Waals surface area contributed by atoms with Gasteiger partial charge in [0.2, 0.25) is 0 Å². The van der Waals surface area contributed by atoms with Gasteiger partial charge in [0.15, 0.2) is 11.5 Å². The number of rotatable bonds is 6. The van der Waals surface area contributed by atoms with Gasteiger partial charge in [-0.1, -0.05) is 36.4 Å². The molecule has 0 amide bonds. The molecule has 4 rings (SSSR count). The lowest BCUT2D eigenvalue weighted by molar-refractivity contribution is 0.642. The van der Waals surface area contributed by atoms with Crippen molar-refractivity contribution in [3.63, 3.8) is 0 Å². The SMILES string of the molecule is Cc1nn(Cc2ccccc2)c(C)c1CNCc1nnc2ccccn12. The molecule has 0 unspecified atom stereocenters. The van der Waals surface area contributed by atoms with Crippen molar-refractivity contribution in [3.8, 4) is 0 Å². The third-order valence-corrected chi connectivity index (χ3v) is 4.68. The number of aryl methyl sites for hydroxylation is 1. The molecule has 1 N–H and O–H groups in total. The van der Waals surface area contributed by atoms with Gasteiger partial charge in [0.1, 0.15) is 0 Å². The topological polar surface area (TPSA) is 60.0 Å². The van der Waals surface area contributed by atoms with Crippen molar-refractivity contribution < 1.29 is 0 Å². The largest absolute Gasteiger partial charge is 0.306 e. The average Bonchev–Trinajstić information content (AvgIpc) is 3.19. The molecule has 0 atom stereocenters. The minimum absolute atomic E-state index is 0.661. The second kappa shape index (κ2) is 7.09.